The third kappa shape index (κ3) is 2.14. The maximum Gasteiger partial charge on any atom is 0.154 e. The fourth-order valence-electron chi connectivity index (χ4n) is 1.13. The van der Waals surface area contributed by atoms with Crippen molar-refractivity contribution < 1.29 is 5.11 Å². The van der Waals surface area contributed by atoms with Crippen molar-refractivity contribution in [1.82, 2.24) is 20.4 Å². The molecule has 3 rings (SSSR count). The van der Waals surface area contributed by atoms with Gasteiger partial charge in [-0.1, -0.05) is 6.07 Å². The molecule has 0 unspecified atom stereocenters. The van der Waals surface area contributed by atoms with E-state index in [0.29, 0.717) is 11.0 Å². The highest BCUT2D eigenvalue weighted by atomic mass is 16.3. The lowest BCUT2D eigenvalue weighted by molar-refractivity contribution is 0.480. The largest absolute Gasteiger partial charge is 0.506 e. The van der Waals surface area contributed by atoms with Crippen LogP contribution < -0.4 is 0 Å². The molecule has 76 valence electrons. The molecule has 5 nitrogen and oxygen atoms in total. The number of nitrogens with one attached hydrogen (secondary N) is 2. The molecule has 15 heavy (non-hydrogen) atoms. The van der Waals surface area contributed by atoms with Gasteiger partial charge in [-0.15, -0.1) is 0 Å². The Hall–Kier alpha value is -2.30. The predicted molar refractivity (Wildman–Crippen MR) is 56.3 cm³/mol. The molecule has 5 heteroatoms. The third-order valence-corrected chi connectivity index (χ3v) is 1.82. The highest BCUT2D eigenvalue weighted by Gasteiger charge is 1.99. The zero-order valence-corrected chi connectivity index (χ0v) is 7.88. The van der Waals surface area contributed by atoms with Crippen LogP contribution in [0.2, 0.25) is 0 Å². The number of aromatic nitrogens is 4. The monoisotopic (exact) mass is 202 g/mol. The first-order valence-corrected chi connectivity index (χ1v) is 4.44. The number of phenolic OH excluding ortho intramolecular Hbond substituents is 1. The number of aromatic hydroxyl groups is 1. The summed E-state index contributed by atoms with van der Waals surface area (Å²) in [5, 5.41) is 19.1. The lowest BCUT2D eigenvalue weighted by Crippen LogP contribution is -1.68. The number of H-pyrrole nitrogens is 2. The summed E-state index contributed by atoms with van der Waals surface area (Å²) in [6.07, 6.45) is 3.75. The van der Waals surface area contributed by atoms with Gasteiger partial charge in [-0.3, -0.25) is 0 Å². The molecule has 0 saturated heterocycles. The van der Waals surface area contributed by atoms with Gasteiger partial charge in [-0.2, -0.15) is 15.4 Å². The number of nitrogens with zero attached hydrogens (tertiary/aromatic N) is 2. The standard InChI is InChI=1S/C6H5N3O.C4H5N/c10-5-3-1-2-4-6(5)8-9-7-4;1-2-4-5-3-1/h1-3,10H,(H,7,8,9);1-5H. The summed E-state index contributed by atoms with van der Waals surface area (Å²) >= 11 is 0. The van der Waals surface area contributed by atoms with Gasteiger partial charge in [0.15, 0.2) is 5.52 Å². The fourth-order valence-corrected chi connectivity index (χ4v) is 1.13. The van der Waals surface area contributed by atoms with Gasteiger partial charge in [-0.05, 0) is 24.3 Å². The number of aromatic amines is 2. The summed E-state index contributed by atoms with van der Waals surface area (Å²) < 4.78 is 0. The molecule has 0 saturated carbocycles. The van der Waals surface area contributed by atoms with Crippen LogP contribution in [0.25, 0.3) is 11.0 Å². The van der Waals surface area contributed by atoms with Crippen molar-refractivity contribution in [2.45, 2.75) is 0 Å². The molecular weight excluding hydrogens is 192 g/mol. The first-order chi connectivity index (χ1) is 7.38. The summed E-state index contributed by atoms with van der Waals surface area (Å²) in [6.45, 7) is 0. The Bertz CT molecular complexity index is 498. The summed E-state index contributed by atoms with van der Waals surface area (Å²) in [7, 11) is 0. The maximum atomic E-state index is 9.14. The number of fused-ring (bicyclic) bond motifs is 1. The molecule has 0 radical (unpaired) electrons. The number of phenols is 1. The Morgan fingerprint density at radius 1 is 1.00 bits per heavy atom. The number of hydrogen-bond acceptors (Lipinski definition) is 3. The number of benzene rings is 1. The Kier molecular flexibility index (Phi) is 2.64. The minimum atomic E-state index is 0.159. The van der Waals surface area contributed by atoms with Crippen LogP contribution in [0.15, 0.2) is 42.7 Å². The molecule has 0 aliphatic carbocycles. The molecule has 1 aromatic carbocycles. The van der Waals surface area contributed by atoms with Crippen LogP contribution in [-0.2, 0) is 0 Å². The summed E-state index contributed by atoms with van der Waals surface area (Å²) in [5.41, 5.74) is 1.20. The smallest absolute Gasteiger partial charge is 0.154 e. The molecule has 0 aliphatic heterocycles. The molecule has 2 aromatic heterocycles. The topological polar surface area (TPSA) is 77.6 Å². The van der Waals surface area contributed by atoms with Crippen LogP contribution in [0, 0.1) is 0 Å². The van der Waals surface area contributed by atoms with Crippen molar-refractivity contribution in [1.29, 1.82) is 0 Å². The van der Waals surface area contributed by atoms with Gasteiger partial charge in [0, 0.05) is 12.4 Å². The van der Waals surface area contributed by atoms with E-state index >= 15 is 0 Å². The highest BCUT2D eigenvalue weighted by Crippen LogP contribution is 2.18. The molecule has 3 N–H and O–H groups in total. The van der Waals surface area contributed by atoms with E-state index in [4.69, 9.17) is 5.11 Å². The second-order valence-corrected chi connectivity index (χ2v) is 2.85. The summed E-state index contributed by atoms with van der Waals surface area (Å²) in [6, 6.07) is 8.96. The molecule has 0 spiro atoms. The van der Waals surface area contributed by atoms with Gasteiger partial charge in [0.2, 0.25) is 0 Å². The van der Waals surface area contributed by atoms with Crippen molar-refractivity contribution in [2.75, 3.05) is 0 Å². The second kappa shape index (κ2) is 4.28. The van der Waals surface area contributed by atoms with Crippen LogP contribution in [0.5, 0.6) is 5.75 Å². The van der Waals surface area contributed by atoms with Gasteiger partial charge in [0.05, 0.1) is 0 Å². The Morgan fingerprint density at radius 3 is 2.40 bits per heavy atom. The summed E-state index contributed by atoms with van der Waals surface area (Å²) in [5.74, 6) is 0.159. The Balaban J connectivity index is 0.000000144. The Labute approximate surface area is 85.8 Å². The summed E-state index contributed by atoms with van der Waals surface area (Å²) in [4.78, 5) is 2.86. The fraction of sp³-hybridized carbons (Fsp3) is 0. The zero-order valence-electron chi connectivity index (χ0n) is 7.88. The van der Waals surface area contributed by atoms with Crippen molar-refractivity contribution in [2.24, 2.45) is 0 Å². The second-order valence-electron chi connectivity index (χ2n) is 2.85. The quantitative estimate of drug-likeness (QED) is 0.519. The van der Waals surface area contributed by atoms with Crippen molar-refractivity contribution >= 4 is 11.0 Å². The van der Waals surface area contributed by atoms with E-state index in [2.05, 4.69) is 20.4 Å². The van der Waals surface area contributed by atoms with Crippen LogP contribution >= 0.6 is 0 Å². The van der Waals surface area contributed by atoms with Gasteiger partial charge in [0.25, 0.3) is 0 Å². The van der Waals surface area contributed by atoms with E-state index in [0.717, 1.165) is 0 Å². The van der Waals surface area contributed by atoms with Crippen molar-refractivity contribution in [3.63, 3.8) is 0 Å². The number of rotatable bonds is 0. The van der Waals surface area contributed by atoms with E-state index < -0.39 is 0 Å². The van der Waals surface area contributed by atoms with Crippen LogP contribution in [0.4, 0.5) is 0 Å². The highest BCUT2D eigenvalue weighted by molar-refractivity contribution is 5.79. The third-order valence-electron chi connectivity index (χ3n) is 1.82. The normalized spacial score (nSPS) is 9.60. The molecule has 2 heterocycles. The molecule has 3 aromatic rings. The van der Waals surface area contributed by atoms with Gasteiger partial charge in [-0.25, -0.2) is 0 Å². The minimum absolute atomic E-state index is 0.159. The van der Waals surface area contributed by atoms with Gasteiger partial charge >= 0.3 is 0 Å². The lowest BCUT2D eigenvalue weighted by Gasteiger charge is -1.87. The van der Waals surface area contributed by atoms with E-state index in [1.807, 2.05) is 24.5 Å². The first-order valence-electron chi connectivity index (χ1n) is 4.44. The average Bonchev–Trinajstić information content (AvgIpc) is 2.93. The molecule has 0 atom stereocenters. The SMILES string of the molecule is Oc1cccc2n[nH]nc12.c1cc[nH]c1. The number of hydrogen-bond donors (Lipinski definition) is 3. The number of para-hydroxylation sites is 1. The van der Waals surface area contributed by atoms with E-state index in [9.17, 15) is 0 Å². The average molecular weight is 202 g/mol. The zero-order chi connectivity index (χ0) is 10.5. The lowest BCUT2D eigenvalue weighted by atomic mass is 10.3. The molecule has 0 aliphatic rings. The van der Waals surface area contributed by atoms with E-state index in [-0.39, 0.29) is 5.75 Å². The predicted octanol–water partition coefficient (Wildman–Crippen LogP) is 1.68. The van der Waals surface area contributed by atoms with Gasteiger partial charge in [0.1, 0.15) is 11.3 Å². The van der Waals surface area contributed by atoms with E-state index in [1.54, 1.807) is 18.2 Å². The Morgan fingerprint density at radius 2 is 1.80 bits per heavy atom. The minimum Gasteiger partial charge on any atom is -0.506 e. The molecule has 0 fully saturated rings. The van der Waals surface area contributed by atoms with Crippen LogP contribution in [0.3, 0.4) is 0 Å². The van der Waals surface area contributed by atoms with Crippen molar-refractivity contribution in [3.05, 3.63) is 42.7 Å². The molecular formula is C10H10N4O. The molecule has 0 amide bonds. The van der Waals surface area contributed by atoms with Crippen LogP contribution in [-0.4, -0.2) is 25.5 Å². The first kappa shape index (κ1) is 9.26. The van der Waals surface area contributed by atoms with E-state index in [1.165, 1.54) is 0 Å². The van der Waals surface area contributed by atoms with Crippen molar-refractivity contribution in [3.8, 4) is 5.75 Å². The van der Waals surface area contributed by atoms with Crippen LogP contribution in [0.1, 0.15) is 0 Å². The van der Waals surface area contributed by atoms with Gasteiger partial charge < -0.3 is 10.1 Å². The molecule has 0 bridgehead atoms. The maximum absolute atomic E-state index is 9.14.